The average Bonchev–Trinajstić information content (AvgIpc) is 1.79. The Bertz CT molecular complexity index is 130. The molecule has 0 saturated carbocycles. The molecule has 0 spiro atoms. The summed E-state index contributed by atoms with van der Waals surface area (Å²) in [4.78, 5) is 11.8. The van der Waals surface area contributed by atoms with Crippen LogP contribution in [0.25, 0.3) is 0 Å². The van der Waals surface area contributed by atoms with Crippen LogP contribution in [0, 0.1) is 0 Å². The van der Waals surface area contributed by atoms with E-state index >= 15 is 0 Å². The summed E-state index contributed by atoms with van der Waals surface area (Å²) in [6, 6.07) is 0. The number of hydrogen-bond acceptors (Lipinski definition) is 2. The molecular weight excluding hydrogens is 106 g/mol. The largest absolute Gasteiger partial charge is 0.395 e. The van der Waals surface area contributed by atoms with Gasteiger partial charge in [0, 0.05) is 18.8 Å². The van der Waals surface area contributed by atoms with Gasteiger partial charge in [-0.2, -0.15) is 0 Å². The first-order chi connectivity index (χ1) is 3.84. The lowest BCUT2D eigenvalue weighted by Gasteiger charge is -2.20. The molecule has 0 atom stereocenters. The van der Waals surface area contributed by atoms with Crippen LogP contribution in [0.15, 0.2) is 12.3 Å². The van der Waals surface area contributed by atoms with E-state index in [4.69, 9.17) is 5.11 Å². The number of amides is 1. The predicted molar refractivity (Wildman–Crippen MR) is 27.9 cm³/mol. The number of rotatable bonds is 2. The van der Waals surface area contributed by atoms with Gasteiger partial charge in [0.15, 0.2) is 0 Å². The number of β-amino-alcohol motifs (C(OH)–C–C–N with tert-alkyl or cyclic N) is 1. The van der Waals surface area contributed by atoms with Crippen LogP contribution >= 0.6 is 0 Å². The van der Waals surface area contributed by atoms with Crippen LogP contribution in [0.1, 0.15) is 0 Å². The lowest BCUT2D eigenvalue weighted by atomic mass is 10.3. The van der Waals surface area contributed by atoms with Crippen molar-refractivity contribution in [2.24, 2.45) is 0 Å². The van der Waals surface area contributed by atoms with Gasteiger partial charge in [0.1, 0.15) is 0 Å². The second-order valence-electron chi connectivity index (χ2n) is 1.57. The Hall–Kier alpha value is -0.830. The Balaban J connectivity index is 2.30. The molecule has 1 aliphatic rings. The zero-order valence-electron chi connectivity index (χ0n) is 4.37. The fourth-order valence-electron chi connectivity index (χ4n) is 0.533. The molecule has 8 heavy (non-hydrogen) atoms. The molecule has 0 fully saturated rings. The number of hydrogen-bond donors (Lipinski definition) is 1. The van der Waals surface area contributed by atoms with Gasteiger partial charge in [0.2, 0.25) is 0 Å². The fraction of sp³-hybridized carbons (Fsp3) is 0.400. The van der Waals surface area contributed by atoms with Gasteiger partial charge in [-0.15, -0.1) is 0 Å². The normalized spacial score (nSPS) is 16.6. The second kappa shape index (κ2) is 1.96. The van der Waals surface area contributed by atoms with Crippen molar-refractivity contribution in [3.05, 3.63) is 12.3 Å². The molecule has 0 saturated heterocycles. The van der Waals surface area contributed by atoms with E-state index in [0.29, 0.717) is 6.54 Å². The molecule has 0 radical (unpaired) electrons. The summed E-state index contributed by atoms with van der Waals surface area (Å²) in [5.41, 5.74) is 0. The molecule has 1 amide bonds. The van der Waals surface area contributed by atoms with E-state index in [2.05, 4.69) is 0 Å². The maximum atomic E-state index is 10.3. The third kappa shape index (κ3) is 0.721. The molecule has 0 unspecified atom stereocenters. The van der Waals surface area contributed by atoms with Crippen molar-refractivity contribution in [1.82, 2.24) is 4.90 Å². The van der Waals surface area contributed by atoms with Crippen LogP contribution in [0.3, 0.4) is 0 Å². The van der Waals surface area contributed by atoms with Crippen LogP contribution in [-0.4, -0.2) is 29.1 Å². The van der Waals surface area contributed by atoms with Crippen molar-refractivity contribution in [3.8, 4) is 0 Å². The van der Waals surface area contributed by atoms with Crippen molar-refractivity contribution >= 4 is 5.91 Å². The van der Waals surface area contributed by atoms with Crippen LogP contribution in [0.4, 0.5) is 0 Å². The average molecular weight is 113 g/mol. The number of aliphatic hydroxyl groups excluding tert-OH is 1. The monoisotopic (exact) mass is 113 g/mol. The highest BCUT2D eigenvalue weighted by molar-refractivity contribution is 5.93. The van der Waals surface area contributed by atoms with Crippen molar-refractivity contribution < 1.29 is 9.90 Å². The first-order valence-electron chi connectivity index (χ1n) is 2.44. The smallest absolute Gasteiger partial charge is 0.252 e. The van der Waals surface area contributed by atoms with E-state index in [1.807, 2.05) is 0 Å². The Morgan fingerprint density at radius 1 is 1.75 bits per heavy atom. The lowest BCUT2D eigenvalue weighted by molar-refractivity contribution is -0.126. The van der Waals surface area contributed by atoms with Gasteiger partial charge in [0.25, 0.3) is 5.91 Å². The minimum Gasteiger partial charge on any atom is -0.395 e. The van der Waals surface area contributed by atoms with E-state index in [1.54, 1.807) is 6.20 Å². The van der Waals surface area contributed by atoms with Crippen molar-refractivity contribution in [1.29, 1.82) is 0 Å². The quantitative estimate of drug-likeness (QED) is 0.516. The minimum atomic E-state index is -0.0148. The summed E-state index contributed by atoms with van der Waals surface area (Å²) in [6.07, 6.45) is 3.12. The summed E-state index contributed by atoms with van der Waals surface area (Å²) < 4.78 is 0. The molecule has 0 aliphatic carbocycles. The van der Waals surface area contributed by atoms with Gasteiger partial charge in [-0.1, -0.05) is 0 Å². The summed E-state index contributed by atoms with van der Waals surface area (Å²) in [5, 5.41) is 8.29. The molecule has 0 bridgehead atoms. The molecule has 1 heterocycles. The highest BCUT2D eigenvalue weighted by Gasteiger charge is 2.13. The molecule has 3 nitrogen and oxygen atoms in total. The van der Waals surface area contributed by atoms with Gasteiger partial charge >= 0.3 is 0 Å². The molecule has 1 aliphatic heterocycles. The highest BCUT2D eigenvalue weighted by Crippen LogP contribution is 2.01. The number of nitrogens with zero attached hydrogens (tertiary/aromatic N) is 1. The molecule has 1 rings (SSSR count). The molecule has 44 valence electrons. The van der Waals surface area contributed by atoms with Crippen LogP contribution in [-0.2, 0) is 4.79 Å². The van der Waals surface area contributed by atoms with Crippen LogP contribution in [0.2, 0.25) is 0 Å². The van der Waals surface area contributed by atoms with Crippen molar-refractivity contribution in [2.75, 3.05) is 13.2 Å². The number of aliphatic hydroxyl groups is 1. The van der Waals surface area contributed by atoms with Crippen LogP contribution < -0.4 is 0 Å². The van der Waals surface area contributed by atoms with Gasteiger partial charge < -0.3 is 10.0 Å². The van der Waals surface area contributed by atoms with E-state index in [1.165, 1.54) is 11.0 Å². The van der Waals surface area contributed by atoms with Gasteiger partial charge in [-0.3, -0.25) is 4.79 Å². The van der Waals surface area contributed by atoms with Crippen molar-refractivity contribution in [2.45, 2.75) is 0 Å². The SMILES string of the molecule is O=C1C=CN1CCO. The Morgan fingerprint density at radius 3 is 2.62 bits per heavy atom. The van der Waals surface area contributed by atoms with E-state index in [9.17, 15) is 4.79 Å². The number of carbonyl (C=O) groups excluding carboxylic acids is 1. The summed E-state index contributed by atoms with van der Waals surface area (Å²) in [5.74, 6) is -0.0148. The summed E-state index contributed by atoms with van der Waals surface area (Å²) >= 11 is 0. The standard InChI is InChI=1S/C5H7NO2/c7-4-3-6-2-1-5(6)8/h1-2,7H,3-4H2. The lowest BCUT2D eigenvalue weighted by Crippen LogP contribution is -2.33. The van der Waals surface area contributed by atoms with E-state index in [-0.39, 0.29) is 12.5 Å². The van der Waals surface area contributed by atoms with E-state index < -0.39 is 0 Å². The molecule has 1 N–H and O–H groups in total. The summed E-state index contributed by atoms with van der Waals surface area (Å²) in [6.45, 7) is 0.464. The minimum absolute atomic E-state index is 0.0148. The topological polar surface area (TPSA) is 40.5 Å². The molecule has 0 aromatic rings. The molecule has 0 aromatic heterocycles. The van der Waals surface area contributed by atoms with Gasteiger partial charge in [-0.25, -0.2) is 0 Å². The molecular formula is C5H7NO2. The maximum absolute atomic E-state index is 10.3. The maximum Gasteiger partial charge on any atom is 0.252 e. The first kappa shape index (κ1) is 5.31. The zero-order chi connectivity index (χ0) is 5.98. The van der Waals surface area contributed by atoms with Gasteiger partial charge in [0.05, 0.1) is 6.61 Å². The Kier molecular flexibility index (Phi) is 1.30. The molecule has 0 aromatic carbocycles. The number of carbonyl (C=O) groups is 1. The molecule has 3 heteroatoms. The Labute approximate surface area is 47.2 Å². The third-order valence-electron chi connectivity index (χ3n) is 1.02. The zero-order valence-corrected chi connectivity index (χ0v) is 4.37. The summed E-state index contributed by atoms with van der Waals surface area (Å²) in [7, 11) is 0. The van der Waals surface area contributed by atoms with Crippen molar-refractivity contribution in [3.63, 3.8) is 0 Å². The predicted octanol–water partition coefficient (Wildman–Crippen LogP) is -0.665. The van der Waals surface area contributed by atoms with Gasteiger partial charge in [-0.05, 0) is 0 Å². The Morgan fingerprint density at radius 2 is 2.50 bits per heavy atom. The van der Waals surface area contributed by atoms with Crippen LogP contribution in [0.5, 0.6) is 0 Å². The first-order valence-corrected chi connectivity index (χ1v) is 2.44. The van der Waals surface area contributed by atoms with E-state index in [0.717, 1.165) is 0 Å². The highest BCUT2D eigenvalue weighted by atomic mass is 16.3. The second-order valence-corrected chi connectivity index (χ2v) is 1.57. The fourth-order valence-corrected chi connectivity index (χ4v) is 0.533. The third-order valence-corrected chi connectivity index (χ3v) is 1.02.